The number of fused-ring (bicyclic) bond motifs is 2. The van der Waals surface area contributed by atoms with E-state index in [0.717, 1.165) is 32.1 Å². The van der Waals surface area contributed by atoms with Crippen molar-refractivity contribution in [2.45, 2.75) is 86.7 Å². The summed E-state index contributed by atoms with van der Waals surface area (Å²) in [5.74, 6) is -0.0873. The lowest BCUT2D eigenvalue weighted by Crippen LogP contribution is -2.73. The highest BCUT2D eigenvalue weighted by atomic mass is 32.2. The van der Waals surface area contributed by atoms with E-state index in [1.807, 2.05) is 13.2 Å². The molecule has 1 saturated carbocycles. The number of aromatic nitrogens is 4. The van der Waals surface area contributed by atoms with Crippen molar-refractivity contribution < 1.29 is 13.9 Å². The van der Waals surface area contributed by atoms with Gasteiger partial charge >= 0.3 is 0 Å². The van der Waals surface area contributed by atoms with Crippen LogP contribution in [-0.4, -0.2) is 60.9 Å². The summed E-state index contributed by atoms with van der Waals surface area (Å²) in [4.78, 5) is 10.7. The fourth-order valence-electron chi connectivity index (χ4n) is 6.36. The van der Waals surface area contributed by atoms with Gasteiger partial charge in [0.2, 0.25) is 5.95 Å². The van der Waals surface area contributed by atoms with Crippen LogP contribution in [0.3, 0.4) is 0 Å². The third-order valence-corrected chi connectivity index (χ3v) is 8.96. The number of piperidine rings is 2. The molecule has 2 aromatic heterocycles. The van der Waals surface area contributed by atoms with Crippen LogP contribution >= 0.6 is 11.8 Å². The number of aromatic hydroxyl groups is 1. The zero-order valence-electron chi connectivity index (χ0n) is 21.8. The number of rotatable bonds is 6. The number of phenolic OH excluding ortho intramolecular Hbond substituents is 1. The summed E-state index contributed by atoms with van der Waals surface area (Å²) < 4.78 is 30.4. The van der Waals surface area contributed by atoms with Gasteiger partial charge in [-0.15, -0.1) is 22.0 Å². The number of phenols is 1. The van der Waals surface area contributed by atoms with Crippen LogP contribution < -0.4 is 10.2 Å². The smallest absolute Gasteiger partial charge is 0.245 e. The Kier molecular flexibility index (Phi) is 6.30. The maximum absolute atomic E-state index is 16.0. The van der Waals surface area contributed by atoms with Crippen molar-refractivity contribution in [2.24, 2.45) is 0 Å². The summed E-state index contributed by atoms with van der Waals surface area (Å²) in [7, 11) is 0. The molecular formula is C28H32F2N6OS. The number of hydrogen-bond donors (Lipinski definition) is 2. The monoisotopic (exact) mass is 538 g/mol. The summed E-state index contributed by atoms with van der Waals surface area (Å²) in [6.45, 7) is 4.20. The second-order valence-electron chi connectivity index (χ2n) is 11.4. The molecule has 38 heavy (non-hydrogen) atoms. The van der Waals surface area contributed by atoms with Gasteiger partial charge in [0.25, 0.3) is 0 Å². The molecule has 2 saturated heterocycles. The average molecular weight is 539 g/mol. The van der Waals surface area contributed by atoms with Crippen molar-refractivity contribution >= 4 is 17.7 Å². The van der Waals surface area contributed by atoms with E-state index in [2.05, 4.69) is 37.3 Å². The van der Waals surface area contributed by atoms with E-state index in [-0.39, 0.29) is 23.4 Å². The lowest BCUT2D eigenvalue weighted by molar-refractivity contribution is 0.0000874. The first-order chi connectivity index (χ1) is 18.2. The van der Waals surface area contributed by atoms with Gasteiger partial charge in [0.05, 0.1) is 23.5 Å². The van der Waals surface area contributed by atoms with Crippen molar-refractivity contribution in [3.05, 3.63) is 42.5 Å². The van der Waals surface area contributed by atoms with Crippen LogP contribution in [0, 0.1) is 5.82 Å². The predicted octanol–water partition coefficient (Wildman–Crippen LogP) is 5.54. The van der Waals surface area contributed by atoms with E-state index in [1.165, 1.54) is 24.0 Å². The van der Waals surface area contributed by atoms with Gasteiger partial charge in [-0.1, -0.05) is 6.07 Å². The van der Waals surface area contributed by atoms with E-state index >= 15 is 4.39 Å². The van der Waals surface area contributed by atoms with Crippen molar-refractivity contribution in [1.29, 1.82) is 0 Å². The highest BCUT2D eigenvalue weighted by Crippen LogP contribution is 2.46. The molecule has 0 radical (unpaired) electrons. The molecule has 2 bridgehead atoms. The van der Waals surface area contributed by atoms with Gasteiger partial charge in [-0.2, -0.15) is 0 Å². The largest absolute Gasteiger partial charge is 0.507 e. The van der Waals surface area contributed by atoms with Crippen LogP contribution in [0.2, 0.25) is 0 Å². The Bertz CT molecular complexity index is 1360. The standard InChI is InChI=1S/C28H32F2N6OS/c1-27-9-4-10-28(2,35-27)25(30)22(13-27)36(17-6-7-17)26-32-15-21(33-34-26)18-8-5-16(11-23(18)37)19-12-24(38-3)31-14-20(19)29/h5,8,11-12,14-15,17,22,25,35,37H,4,6-7,9-10,13H2,1-3H3/t22-,25-,27-,28+/m0/s1. The summed E-state index contributed by atoms with van der Waals surface area (Å²) in [6.07, 6.45) is 9.12. The number of thioether (sulfide) groups is 1. The zero-order chi connectivity index (χ0) is 26.7. The Hall–Kier alpha value is -2.85. The molecule has 200 valence electrons. The number of halogens is 2. The van der Waals surface area contributed by atoms with Crippen LogP contribution in [0.4, 0.5) is 14.7 Å². The molecule has 2 N–H and O–H groups in total. The van der Waals surface area contributed by atoms with Crippen molar-refractivity contribution in [3.63, 3.8) is 0 Å². The minimum Gasteiger partial charge on any atom is -0.507 e. The molecule has 6 rings (SSSR count). The number of anilines is 1. The van der Waals surface area contributed by atoms with E-state index in [4.69, 9.17) is 0 Å². The molecule has 3 aromatic rings. The number of hydrogen-bond acceptors (Lipinski definition) is 8. The highest BCUT2D eigenvalue weighted by Gasteiger charge is 2.56. The molecule has 0 amide bonds. The molecule has 1 aliphatic carbocycles. The van der Waals surface area contributed by atoms with Crippen molar-refractivity contribution in [1.82, 2.24) is 25.5 Å². The molecule has 4 atom stereocenters. The summed E-state index contributed by atoms with van der Waals surface area (Å²) in [5, 5.41) is 23.9. The Labute approximate surface area is 225 Å². The Morgan fingerprint density at radius 1 is 1.08 bits per heavy atom. The van der Waals surface area contributed by atoms with Gasteiger partial charge < -0.3 is 15.3 Å². The van der Waals surface area contributed by atoms with Gasteiger partial charge in [-0.05, 0) is 82.4 Å². The molecule has 7 nitrogen and oxygen atoms in total. The molecule has 0 unspecified atom stereocenters. The van der Waals surface area contributed by atoms with Crippen LogP contribution in [0.1, 0.15) is 52.4 Å². The van der Waals surface area contributed by atoms with Crippen LogP contribution in [-0.2, 0) is 0 Å². The van der Waals surface area contributed by atoms with E-state index < -0.39 is 17.5 Å². The van der Waals surface area contributed by atoms with Crippen LogP contribution in [0.5, 0.6) is 5.75 Å². The first-order valence-electron chi connectivity index (χ1n) is 13.1. The van der Waals surface area contributed by atoms with Crippen LogP contribution in [0.25, 0.3) is 22.4 Å². The molecule has 3 aliphatic rings. The lowest BCUT2D eigenvalue weighted by Gasteiger charge is -2.57. The van der Waals surface area contributed by atoms with Crippen molar-refractivity contribution in [3.8, 4) is 28.1 Å². The molecule has 2 aliphatic heterocycles. The second kappa shape index (κ2) is 9.41. The SMILES string of the molecule is CSc1cc(-c2ccc(-c3cnc(N(C4CC4)[C@H]4C[C@]5(C)CCC[C@@](C)(N5)[C@H]4F)nn3)c(O)c2)c(F)cn1. The highest BCUT2D eigenvalue weighted by molar-refractivity contribution is 7.98. The Morgan fingerprint density at radius 2 is 1.89 bits per heavy atom. The van der Waals surface area contributed by atoms with E-state index in [9.17, 15) is 9.50 Å². The third kappa shape index (κ3) is 4.51. The maximum Gasteiger partial charge on any atom is 0.245 e. The van der Waals surface area contributed by atoms with E-state index in [0.29, 0.717) is 39.8 Å². The number of benzene rings is 1. The number of nitrogens with zero attached hydrogens (tertiary/aromatic N) is 5. The Balaban J connectivity index is 1.28. The van der Waals surface area contributed by atoms with Gasteiger partial charge in [0.15, 0.2) is 0 Å². The first kappa shape index (κ1) is 25.4. The van der Waals surface area contributed by atoms with Crippen LogP contribution in [0.15, 0.2) is 41.7 Å². The van der Waals surface area contributed by atoms with Gasteiger partial charge in [0.1, 0.15) is 23.4 Å². The fraction of sp³-hybridized carbons (Fsp3) is 0.500. The minimum atomic E-state index is -1.04. The lowest BCUT2D eigenvalue weighted by atomic mass is 9.68. The molecule has 3 fully saturated rings. The second-order valence-corrected chi connectivity index (χ2v) is 12.2. The fourth-order valence-corrected chi connectivity index (χ4v) is 6.76. The molecule has 1 aromatic carbocycles. The summed E-state index contributed by atoms with van der Waals surface area (Å²) in [6, 6.07) is 6.47. The number of pyridine rings is 1. The van der Waals surface area contributed by atoms with E-state index in [1.54, 1.807) is 24.4 Å². The predicted molar refractivity (Wildman–Crippen MR) is 144 cm³/mol. The van der Waals surface area contributed by atoms with Gasteiger partial charge in [-0.3, -0.25) is 0 Å². The first-order valence-corrected chi connectivity index (χ1v) is 14.4. The van der Waals surface area contributed by atoms with Crippen molar-refractivity contribution in [2.75, 3.05) is 11.2 Å². The Morgan fingerprint density at radius 3 is 2.58 bits per heavy atom. The number of alkyl halides is 1. The average Bonchev–Trinajstić information content (AvgIpc) is 3.73. The maximum atomic E-state index is 16.0. The summed E-state index contributed by atoms with van der Waals surface area (Å²) >= 11 is 1.42. The quantitative estimate of drug-likeness (QED) is 0.396. The van der Waals surface area contributed by atoms with Gasteiger partial charge in [0, 0.05) is 28.2 Å². The molecule has 0 spiro atoms. The normalized spacial score (nSPS) is 28.8. The topological polar surface area (TPSA) is 87.1 Å². The molecule has 10 heteroatoms. The van der Waals surface area contributed by atoms with Gasteiger partial charge in [-0.25, -0.2) is 18.7 Å². The number of nitrogens with one attached hydrogen (secondary N) is 1. The third-order valence-electron chi connectivity index (χ3n) is 8.32. The molecular weight excluding hydrogens is 506 g/mol. The zero-order valence-corrected chi connectivity index (χ0v) is 22.6. The summed E-state index contributed by atoms with van der Waals surface area (Å²) in [5.41, 5.74) is 1.06. The minimum absolute atomic E-state index is 0.0526. The molecule has 4 heterocycles.